The minimum Gasteiger partial charge on any atom is -0.303 e. The lowest BCUT2D eigenvalue weighted by molar-refractivity contribution is 0.0830. The molecular formula is C16H24ClN. The Labute approximate surface area is 116 Å². The van der Waals surface area contributed by atoms with Gasteiger partial charge in [-0.3, -0.25) is 0 Å². The van der Waals surface area contributed by atoms with Crippen molar-refractivity contribution in [3.63, 3.8) is 0 Å². The Kier molecular flexibility index (Phi) is 4.34. The number of nitrogens with zero attached hydrogens (tertiary/aromatic N) is 1. The number of rotatable bonds is 3. The summed E-state index contributed by atoms with van der Waals surface area (Å²) < 4.78 is 0. The highest BCUT2D eigenvalue weighted by atomic mass is 35.5. The average Bonchev–Trinajstić information content (AvgIpc) is 2.35. The maximum atomic E-state index is 6.32. The van der Waals surface area contributed by atoms with Crippen LogP contribution in [0.5, 0.6) is 0 Å². The van der Waals surface area contributed by atoms with E-state index in [1.54, 1.807) is 0 Å². The molecule has 1 saturated carbocycles. The fraction of sp³-hybridized carbons (Fsp3) is 0.625. The molecule has 1 aromatic carbocycles. The fourth-order valence-electron chi connectivity index (χ4n) is 3.08. The molecule has 2 rings (SSSR count). The first kappa shape index (κ1) is 13.9. The quantitative estimate of drug-likeness (QED) is 0.783. The second-order valence-electron chi connectivity index (χ2n) is 6.07. The third-order valence-electron chi connectivity index (χ3n) is 4.63. The molecule has 0 spiro atoms. The lowest BCUT2D eigenvalue weighted by Crippen LogP contribution is -2.48. The predicted molar refractivity (Wildman–Crippen MR) is 79.2 cm³/mol. The lowest BCUT2D eigenvalue weighted by atomic mass is 9.73. The fourth-order valence-corrected chi connectivity index (χ4v) is 3.28. The molecule has 0 saturated heterocycles. The van der Waals surface area contributed by atoms with Crippen molar-refractivity contribution >= 4 is 11.6 Å². The highest BCUT2D eigenvalue weighted by Gasteiger charge is 2.36. The number of likely N-dealkylation sites (N-methyl/N-ethyl adjacent to an activating group) is 1. The van der Waals surface area contributed by atoms with E-state index in [0.717, 1.165) is 17.4 Å². The van der Waals surface area contributed by atoms with E-state index in [9.17, 15) is 0 Å². The number of hydrogen-bond donors (Lipinski definition) is 0. The summed E-state index contributed by atoms with van der Waals surface area (Å²) in [6.07, 6.45) is 6.32. The molecule has 0 amide bonds. The predicted octanol–water partition coefficient (Wildman–Crippen LogP) is 4.39. The molecule has 0 unspecified atom stereocenters. The van der Waals surface area contributed by atoms with E-state index in [4.69, 9.17) is 11.6 Å². The minimum atomic E-state index is 0.303. The lowest BCUT2D eigenvalue weighted by Gasteiger charge is -2.45. The van der Waals surface area contributed by atoms with Gasteiger partial charge in [0.15, 0.2) is 0 Å². The molecule has 0 aromatic heterocycles. The van der Waals surface area contributed by atoms with Crippen molar-refractivity contribution in [2.45, 2.75) is 44.6 Å². The highest BCUT2D eigenvalue weighted by Crippen LogP contribution is 2.38. The van der Waals surface area contributed by atoms with Crippen molar-refractivity contribution in [2.24, 2.45) is 5.92 Å². The summed E-state index contributed by atoms with van der Waals surface area (Å²) in [5.74, 6) is 0.879. The molecule has 1 aliphatic rings. The Morgan fingerprint density at radius 1 is 1.22 bits per heavy atom. The van der Waals surface area contributed by atoms with Crippen LogP contribution in [0.1, 0.15) is 38.2 Å². The zero-order valence-electron chi connectivity index (χ0n) is 11.7. The van der Waals surface area contributed by atoms with Crippen molar-refractivity contribution in [1.82, 2.24) is 4.90 Å². The first-order chi connectivity index (χ1) is 8.53. The summed E-state index contributed by atoms with van der Waals surface area (Å²) in [5.41, 5.74) is 1.60. The van der Waals surface area contributed by atoms with E-state index in [1.807, 2.05) is 12.1 Å². The third kappa shape index (κ3) is 2.89. The van der Waals surface area contributed by atoms with Crippen molar-refractivity contribution in [3.8, 4) is 0 Å². The third-order valence-corrected chi connectivity index (χ3v) is 5.00. The van der Waals surface area contributed by atoms with Gasteiger partial charge in [-0.25, -0.2) is 0 Å². The van der Waals surface area contributed by atoms with Crippen molar-refractivity contribution in [1.29, 1.82) is 0 Å². The Bertz CT molecular complexity index is 392. The molecule has 100 valence electrons. The van der Waals surface area contributed by atoms with Gasteiger partial charge in [-0.15, -0.1) is 0 Å². The first-order valence-electron chi connectivity index (χ1n) is 6.94. The zero-order valence-corrected chi connectivity index (χ0v) is 12.5. The van der Waals surface area contributed by atoms with Crippen molar-refractivity contribution in [3.05, 3.63) is 34.9 Å². The van der Waals surface area contributed by atoms with Crippen LogP contribution in [0.2, 0.25) is 5.02 Å². The summed E-state index contributed by atoms with van der Waals surface area (Å²) in [6, 6.07) is 8.28. The van der Waals surface area contributed by atoms with Gasteiger partial charge in [-0.1, -0.05) is 36.7 Å². The van der Waals surface area contributed by atoms with Gasteiger partial charge in [0.1, 0.15) is 0 Å². The molecule has 0 radical (unpaired) electrons. The van der Waals surface area contributed by atoms with Gasteiger partial charge < -0.3 is 4.90 Å². The average molecular weight is 266 g/mol. The summed E-state index contributed by atoms with van der Waals surface area (Å²) in [5, 5.41) is 0.914. The summed E-state index contributed by atoms with van der Waals surface area (Å²) >= 11 is 6.32. The van der Waals surface area contributed by atoms with Gasteiger partial charge in [-0.2, -0.15) is 0 Å². The van der Waals surface area contributed by atoms with Gasteiger partial charge in [0.2, 0.25) is 0 Å². The van der Waals surface area contributed by atoms with E-state index >= 15 is 0 Å². The topological polar surface area (TPSA) is 3.24 Å². The molecule has 1 fully saturated rings. The van der Waals surface area contributed by atoms with Crippen LogP contribution in [-0.2, 0) is 6.42 Å². The van der Waals surface area contributed by atoms with Gasteiger partial charge in [-0.05, 0) is 63.7 Å². The minimum absolute atomic E-state index is 0.303. The molecule has 0 aliphatic heterocycles. The molecule has 1 aromatic rings. The SMILES string of the molecule is CC1CCC(Cc2ccccc2Cl)(N(C)C)CC1. The first-order valence-corrected chi connectivity index (χ1v) is 7.32. The molecule has 18 heavy (non-hydrogen) atoms. The second-order valence-corrected chi connectivity index (χ2v) is 6.48. The van der Waals surface area contributed by atoms with Crippen molar-refractivity contribution < 1.29 is 0 Å². The number of benzene rings is 1. The number of hydrogen-bond acceptors (Lipinski definition) is 1. The molecule has 0 N–H and O–H groups in total. The van der Waals surface area contributed by atoms with E-state index in [-0.39, 0.29) is 0 Å². The Morgan fingerprint density at radius 3 is 2.39 bits per heavy atom. The molecular weight excluding hydrogens is 242 g/mol. The van der Waals surface area contributed by atoms with Gasteiger partial charge >= 0.3 is 0 Å². The van der Waals surface area contributed by atoms with Crippen LogP contribution in [0, 0.1) is 5.92 Å². The Morgan fingerprint density at radius 2 is 1.83 bits per heavy atom. The van der Waals surface area contributed by atoms with Gasteiger partial charge in [0, 0.05) is 10.6 Å². The number of halogens is 1. The summed E-state index contributed by atoms with van der Waals surface area (Å²) in [4.78, 5) is 2.42. The largest absolute Gasteiger partial charge is 0.303 e. The maximum absolute atomic E-state index is 6.32. The van der Waals surface area contributed by atoms with Crippen LogP contribution in [0.3, 0.4) is 0 Å². The van der Waals surface area contributed by atoms with E-state index < -0.39 is 0 Å². The van der Waals surface area contributed by atoms with E-state index in [1.165, 1.54) is 31.2 Å². The zero-order chi connectivity index (χ0) is 13.2. The monoisotopic (exact) mass is 265 g/mol. The smallest absolute Gasteiger partial charge is 0.0438 e. The summed E-state index contributed by atoms with van der Waals surface area (Å²) in [7, 11) is 4.43. The normalized spacial score (nSPS) is 28.6. The van der Waals surface area contributed by atoms with Gasteiger partial charge in [0.05, 0.1) is 0 Å². The van der Waals surface area contributed by atoms with Crippen LogP contribution in [0.15, 0.2) is 24.3 Å². The van der Waals surface area contributed by atoms with Crippen LogP contribution >= 0.6 is 11.6 Å². The Balaban J connectivity index is 2.19. The van der Waals surface area contributed by atoms with E-state index in [0.29, 0.717) is 5.54 Å². The Hall–Kier alpha value is -0.530. The molecule has 1 aliphatic carbocycles. The van der Waals surface area contributed by atoms with Gasteiger partial charge in [0.25, 0.3) is 0 Å². The van der Waals surface area contributed by atoms with Crippen LogP contribution in [0.25, 0.3) is 0 Å². The maximum Gasteiger partial charge on any atom is 0.0438 e. The van der Waals surface area contributed by atoms with Crippen LogP contribution in [-0.4, -0.2) is 24.5 Å². The van der Waals surface area contributed by atoms with E-state index in [2.05, 4.69) is 38.1 Å². The van der Waals surface area contributed by atoms with Crippen LogP contribution in [0.4, 0.5) is 0 Å². The second kappa shape index (κ2) is 5.63. The molecule has 1 nitrogen and oxygen atoms in total. The van der Waals surface area contributed by atoms with Crippen molar-refractivity contribution in [2.75, 3.05) is 14.1 Å². The molecule has 0 heterocycles. The molecule has 0 bridgehead atoms. The highest BCUT2D eigenvalue weighted by molar-refractivity contribution is 6.31. The molecule has 2 heteroatoms. The molecule has 0 atom stereocenters. The van der Waals surface area contributed by atoms with Crippen LogP contribution < -0.4 is 0 Å². The summed E-state index contributed by atoms with van der Waals surface area (Å²) in [6.45, 7) is 2.37. The standard InChI is InChI=1S/C16H24ClN/c1-13-8-10-16(11-9-13,18(2)3)12-14-6-4-5-7-15(14)17/h4-7,13H,8-12H2,1-3H3.